The van der Waals surface area contributed by atoms with Gasteiger partial charge >= 0.3 is 0 Å². The number of anilines is 3. The average Bonchev–Trinajstić information content (AvgIpc) is 3.51. The fourth-order valence-electron chi connectivity index (χ4n) is 6.06. The third-order valence-corrected chi connectivity index (χ3v) is 11.4. The molecule has 3 aromatic heterocycles. The quantitative estimate of drug-likeness (QED) is 0.136. The van der Waals surface area contributed by atoms with Crippen molar-refractivity contribution in [2.75, 3.05) is 16.8 Å². The number of nitrogens with zero attached hydrogens (tertiary/aromatic N) is 6. The van der Waals surface area contributed by atoms with Gasteiger partial charge in [0.2, 0.25) is 0 Å². The number of rotatable bonds is 5. The minimum Gasteiger partial charge on any atom is -0.487 e. The molecule has 0 spiro atoms. The number of fused-ring (bicyclic) bond motifs is 4. The molecule has 0 unspecified atom stereocenters. The topological polar surface area (TPSA) is 50.1 Å². The summed E-state index contributed by atoms with van der Waals surface area (Å²) in [5.41, 5.74) is 5.70. The molecular formula is C36H35N6PtSi-3. The predicted octanol–water partition coefficient (Wildman–Crippen LogP) is 7.27. The Morgan fingerprint density at radius 3 is 2.32 bits per heavy atom. The van der Waals surface area contributed by atoms with Gasteiger partial charge in [-0.25, -0.2) is 15.0 Å². The second-order valence-corrected chi connectivity index (χ2v) is 17.7. The third kappa shape index (κ3) is 5.26. The molecule has 6 nitrogen and oxygen atoms in total. The van der Waals surface area contributed by atoms with Crippen molar-refractivity contribution >= 4 is 52.4 Å². The van der Waals surface area contributed by atoms with Gasteiger partial charge in [-0.05, 0) is 36.0 Å². The summed E-state index contributed by atoms with van der Waals surface area (Å²) in [6, 6.07) is 32.4. The Morgan fingerprint density at radius 2 is 1.57 bits per heavy atom. The molecule has 3 aromatic carbocycles. The number of para-hydroxylation sites is 1. The minimum atomic E-state index is -2.03. The summed E-state index contributed by atoms with van der Waals surface area (Å²) in [5, 5.41) is 3.71. The molecule has 0 aliphatic carbocycles. The van der Waals surface area contributed by atoms with Gasteiger partial charge in [0.1, 0.15) is 17.5 Å². The molecule has 0 atom stereocenters. The van der Waals surface area contributed by atoms with E-state index >= 15 is 0 Å². The van der Waals surface area contributed by atoms with Crippen LogP contribution in [0.15, 0.2) is 85.3 Å². The first-order valence-corrected chi connectivity index (χ1v) is 17.9. The zero-order chi connectivity index (χ0) is 29.9. The maximum Gasteiger partial charge on any atom is 0.143 e. The Labute approximate surface area is 275 Å². The molecule has 0 bridgehead atoms. The summed E-state index contributed by atoms with van der Waals surface area (Å²) in [6.07, 6.45) is 5.34. The van der Waals surface area contributed by atoms with Crippen molar-refractivity contribution in [2.24, 2.45) is 0 Å². The van der Waals surface area contributed by atoms with Crippen LogP contribution < -0.4 is 15.0 Å². The molecular weight excluding hydrogens is 740 g/mol. The first kappa shape index (κ1) is 30.2. The van der Waals surface area contributed by atoms with E-state index in [1.807, 2.05) is 36.9 Å². The predicted molar refractivity (Wildman–Crippen MR) is 179 cm³/mol. The van der Waals surface area contributed by atoms with Gasteiger partial charge in [-0.2, -0.15) is 46.6 Å². The van der Waals surface area contributed by atoms with Crippen LogP contribution in [0.2, 0.25) is 13.1 Å². The zero-order valence-electron chi connectivity index (χ0n) is 25.9. The van der Waals surface area contributed by atoms with Gasteiger partial charge in [0.05, 0.1) is 8.07 Å². The Hall–Kier alpha value is -3.80. The van der Waals surface area contributed by atoms with E-state index in [9.17, 15) is 0 Å². The number of aromatic nitrogens is 4. The summed E-state index contributed by atoms with van der Waals surface area (Å²) in [5.74, 6) is 2.59. The van der Waals surface area contributed by atoms with Crippen LogP contribution in [0.1, 0.15) is 31.9 Å². The Morgan fingerprint density at radius 1 is 0.818 bits per heavy atom. The largest absolute Gasteiger partial charge is 0.487 e. The molecule has 1 aliphatic heterocycles. The van der Waals surface area contributed by atoms with E-state index in [0.29, 0.717) is 0 Å². The van der Waals surface area contributed by atoms with Gasteiger partial charge in [-0.1, -0.05) is 69.7 Å². The van der Waals surface area contributed by atoms with Gasteiger partial charge in [-0.3, -0.25) is 0 Å². The maximum absolute atomic E-state index is 4.71. The summed E-state index contributed by atoms with van der Waals surface area (Å²) in [6.45, 7) is 13.7. The van der Waals surface area contributed by atoms with Crippen LogP contribution in [0.25, 0.3) is 27.6 Å². The molecule has 226 valence electrons. The molecule has 0 saturated heterocycles. The summed E-state index contributed by atoms with van der Waals surface area (Å²) in [4.78, 5) is 18.0. The van der Waals surface area contributed by atoms with Gasteiger partial charge < -0.3 is 14.4 Å². The second-order valence-electron chi connectivity index (χ2n) is 13.1. The summed E-state index contributed by atoms with van der Waals surface area (Å²) < 4.78 is 2.25. The van der Waals surface area contributed by atoms with Gasteiger partial charge in [0, 0.05) is 45.2 Å². The molecule has 44 heavy (non-hydrogen) atoms. The molecule has 0 amide bonds. The second kappa shape index (κ2) is 11.3. The van der Waals surface area contributed by atoms with E-state index in [4.69, 9.17) is 4.98 Å². The first-order chi connectivity index (χ1) is 20.6. The van der Waals surface area contributed by atoms with Crippen molar-refractivity contribution in [1.29, 1.82) is 0 Å². The minimum absolute atomic E-state index is 0. The van der Waals surface area contributed by atoms with E-state index in [2.05, 4.69) is 120 Å². The Bertz CT molecular complexity index is 1980. The first-order valence-electron chi connectivity index (χ1n) is 14.7. The molecule has 7 rings (SSSR count). The molecule has 6 aromatic rings. The van der Waals surface area contributed by atoms with Gasteiger partial charge in [-0.15, -0.1) is 23.8 Å². The molecule has 0 fully saturated rings. The molecule has 0 radical (unpaired) electrons. The Kier molecular flexibility index (Phi) is 7.75. The monoisotopic (exact) mass is 774 g/mol. The number of benzene rings is 3. The summed E-state index contributed by atoms with van der Waals surface area (Å²) in [7, 11) is -0.0194. The van der Waals surface area contributed by atoms with Crippen LogP contribution in [-0.4, -0.2) is 34.6 Å². The summed E-state index contributed by atoms with van der Waals surface area (Å²) >= 11 is 0. The standard InChI is InChI=1S/C36H35N6Si.Pt/c1-36(2,3)26-19-25(20-27(21-26)41-24-40(4)34-35(41)39-18-17-38-34)23-43(5,6)28-14-15-30-29-11-7-8-12-31(29)42(32(30)22-28)33-13-9-10-16-37-33;/h7-19,21,24H,23H2,1-6H3;/q-3;. The van der Waals surface area contributed by atoms with E-state index < -0.39 is 8.07 Å². The van der Waals surface area contributed by atoms with Crippen molar-refractivity contribution in [2.45, 2.75) is 45.3 Å². The van der Waals surface area contributed by atoms with E-state index in [-0.39, 0.29) is 26.5 Å². The molecule has 1 aliphatic rings. The van der Waals surface area contributed by atoms with Crippen molar-refractivity contribution in [3.63, 3.8) is 0 Å². The van der Waals surface area contributed by atoms with E-state index in [0.717, 1.165) is 40.2 Å². The van der Waals surface area contributed by atoms with Crippen molar-refractivity contribution < 1.29 is 21.1 Å². The third-order valence-electron chi connectivity index (χ3n) is 8.37. The van der Waals surface area contributed by atoms with E-state index in [1.165, 1.54) is 27.1 Å². The number of hydrogen-bond acceptors (Lipinski definition) is 5. The number of hydrogen-bond donors (Lipinski definition) is 0. The van der Waals surface area contributed by atoms with E-state index in [1.54, 1.807) is 12.4 Å². The smallest absolute Gasteiger partial charge is 0.143 e. The van der Waals surface area contributed by atoms with Crippen LogP contribution in [-0.2, 0) is 32.5 Å². The van der Waals surface area contributed by atoms with Crippen LogP contribution in [0.4, 0.5) is 17.3 Å². The normalized spacial score (nSPS) is 13.4. The molecule has 0 N–H and O–H groups in total. The fraction of sp³-hybridized carbons (Fsp3) is 0.222. The number of pyridine rings is 1. The van der Waals surface area contributed by atoms with Crippen LogP contribution in [0.5, 0.6) is 0 Å². The van der Waals surface area contributed by atoms with Crippen LogP contribution in [0.3, 0.4) is 0 Å². The van der Waals surface area contributed by atoms with Crippen LogP contribution in [0, 0.1) is 18.8 Å². The fourth-order valence-corrected chi connectivity index (χ4v) is 8.38. The van der Waals surface area contributed by atoms with Crippen molar-refractivity contribution in [3.05, 3.63) is 115 Å². The van der Waals surface area contributed by atoms with Crippen molar-refractivity contribution in [1.82, 2.24) is 19.5 Å². The van der Waals surface area contributed by atoms with Gasteiger partial charge in [0.15, 0.2) is 0 Å². The molecule has 8 heteroatoms. The molecule has 0 saturated carbocycles. The zero-order valence-corrected chi connectivity index (χ0v) is 29.1. The SMILES string of the molecule is CN1[CH-]N(c2[c-]c(C[Si](C)(C)c3[c-]c4c(cc3)c3ccccc3n4-c3ccccn3)cc(C(C)(C)C)c2)c2nccnc21.[Pt]. The van der Waals surface area contributed by atoms with Gasteiger partial charge in [0.25, 0.3) is 0 Å². The average molecular weight is 775 g/mol. The van der Waals surface area contributed by atoms with Crippen LogP contribution >= 0.6 is 0 Å². The van der Waals surface area contributed by atoms with Crippen molar-refractivity contribution in [3.8, 4) is 5.82 Å². The molecule has 4 heterocycles. The Balaban J connectivity index is 0.00000343. The maximum atomic E-state index is 4.71.